The highest BCUT2D eigenvalue weighted by Gasteiger charge is 2.54. The summed E-state index contributed by atoms with van der Waals surface area (Å²) in [5.74, 6) is 1.69. The van der Waals surface area contributed by atoms with Crippen LogP contribution in [0.15, 0.2) is 0 Å². The van der Waals surface area contributed by atoms with E-state index in [4.69, 9.17) is 5.73 Å². The van der Waals surface area contributed by atoms with Crippen LogP contribution in [0.4, 0.5) is 0 Å². The van der Waals surface area contributed by atoms with E-state index < -0.39 is 0 Å². The Kier molecular flexibility index (Phi) is 1.29. The molecule has 1 aliphatic carbocycles. The molecule has 2 heteroatoms. The number of fused-ring (bicyclic) bond motifs is 1. The number of piperidine rings is 1. The van der Waals surface area contributed by atoms with Crippen molar-refractivity contribution in [3.8, 4) is 0 Å². The summed E-state index contributed by atoms with van der Waals surface area (Å²) in [6, 6.07) is 1.21. The predicted molar refractivity (Wildman–Crippen MR) is 41.7 cm³/mol. The highest BCUT2D eigenvalue weighted by molar-refractivity contribution is 5.11. The number of hydrogen-bond acceptors (Lipinski definition) is 2. The lowest BCUT2D eigenvalue weighted by Gasteiger charge is -2.25. The van der Waals surface area contributed by atoms with E-state index >= 15 is 0 Å². The zero-order valence-corrected chi connectivity index (χ0v) is 6.75. The van der Waals surface area contributed by atoms with Crippen molar-refractivity contribution in [3.05, 3.63) is 0 Å². The molecule has 1 saturated heterocycles. The van der Waals surface area contributed by atoms with E-state index in [1.165, 1.54) is 13.0 Å². The van der Waals surface area contributed by atoms with Crippen molar-refractivity contribution in [3.63, 3.8) is 0 Å². The normalized spacial score (nSPS) is 54.3. The molecule has 1 heterocycles. The second-order valence-corrected chi connectivity index (χ2v) is 3.89. The third kappa shape index (κ3) is 0.722. The lowest BCUT2D eigenvalue weighted by molar-refractivity contribution is 0.219. The monoisotopic (exact) mass is 140 g/mol. The first kappa shape index (κ1) is 6.62. The molecule has 2 aliphatic rings. The molecule has 0 spiro atoms. The lowest BCUT2D eigenvalue weighted by atomic mass is 9.98. The zero-order chi connectivity index (χ0) is 7.30. The van der Waals surface area contributed by atoms with Gasteiger partial charge in [0.25, 0.3) is 0 Å². The van der Waals surface area contributed by atoms with Crippen LogP contribution in [0.3, 0.4) is 0 Å². The van der Waals surface area contributed by atoms with Crippen molar-refractivity contribution >= 4 is 0 Å². The molecule has 0 aromatic heterocycles. The summed E-state index contributed by atoms with van der Waals surface area (Å²) in [6.07, 6.45) is 1.34. The Hall–Kier alpha value is -0.0800. The van der Waals surface area contributed by atoms with E-state index in [2.05, 4.69) is 18.9 Å². The van der Waals surface area contributed by atoms with Crippen LogP contribution in [-0.2, 0) is 0 Å². The molecule has 1 saturated carbocycles. The predicted octanol–water partition coefficient (Wildman–Crippen LogP) is 0.284. The quantitative estimate of drug-likeness (QED) is 0.524. The summed E-state index contributed by atoms with van der Waals surface area (Å²) in [5.41, 5.74) is 5.91. The molecular formula is C8H16N2. The van der Waals surface area contributed by atoms with Gasteiger partial charge in [0.2, 0.25) is 0 Å². The first-order chi connectivity index (χ1) is 4.72. The van der Waals surface area contributed by atoms with Crippen molar-refractivity contribution in [1.29, 1.82) is 0 Å². The maximum Gasteiger partial charge on any atom is 0.0293 e. The summed E-state index contributed by atoms with van der Waals surface area (Å²) >= 11 is 0. The highest BCUT2D eigenvalue weighted by Crippen LogP contribution is 2.44. The van der Waals surface area contributed by atoms with Crippen LogP contribution < -0.4 is 5.73 Å². The lowest BCUT2D eigenvalue weighted by Crippen LogP contribution is -2.31. The van der Waals surface area contributed by atoms with E-state index in [1.54, 1.807) is 0 Å². The van der Waals surface area contributed by atoms with E-state index in [-0.39, 0.29) is 0 Å². The summed E-state index contributed by atoms with van der Waals surface area (Å²) in [6.45, 7) is 3.58. The van der Waals surface area contributed by atoms with Gasteiger partial charge in [-0.2, -0.15) is 0 Å². The molecule has 58 valence electrons. The molecule has 10 heavy (non-hydrogen) atoms. The SMILES string of the molecule is CC1CCN(C)C2C(N)C12. The average molecular weight is 140 g/mol. The third-order valence-electron chi connectivity index (χ3n) is 3.20. The van der Waals surface area contributed by atoms with Crippen molar-refractivity contribution in [1.82, 2.24) is 4.90 Å². The molecule has 2 rings (SSSR count). The molecule has 4 unspecified atom stereocenters. The molecule has 2 N–H and O–H groups in total. The molecule has 2 nitrogen and oxygen atoms in total. The molecule has 0 radical (unpaired) electrons. The minimum Gasteiger partial charge on any atom is -0.326 e. The zero-order valence-electron chi connectivity index (χ0n) is 6.75. The van der Waals surface area contributed by atoms with Gasteiger partial charge in [-0.25, -0.2) is 0 Å². The van der Waals surface area contributed by atoms with Gasteiger partial charge in [-0.1, -0.05) is 6.92 Å². The first-order valence-electron chi connectivity index (χ1n) is 4.17. The molecule has 0 aromatic rings. The summed E-state index contributed by atoms with van der Waals surface area (Å²) < 4.78 is 0. The van der Waals surface area contributed by atoms with Gasteiger partial charge in [-0.15, -0.1) is 0 Å². The van der Waals surface area contributed by atoms with Gasteiger partial charge >= 0.3 is 0 Å². The van der Waals surface area contributed by atoms with E-state index in [0.717, 1.165) is 17.9 Å². The van der Waals surface area contributed by atoms with E-state index in [0.29, 0.717) is 6.04 Å². The number of likely N-dealkylation sites (N-methyl/N-ethyl adjacent to an activating group) is 1. The Morgan fingerprint density at radius 3 is 2.80 bits per heavy atom. The van der Waals surface area contributed by atoms with Crippen LogP contribution in [0.1, 0.15) is 13.3 Å². The summed E-state index contributed by atoms with van der Waals surface area (Å²) in [7, 11) is 2.19. The Bertz CT molecular complexity index is 130. The molecule has 0 amide bonds. The summed E-state index contributed by atoms with van der Waals surface area (Å²) in [5, 5.41) is 0. The fraction of sp³-hybridized carbons (Fsp3) is 1.00. The standard InChI is InChI=1S/C8H16N2/c1-5-3-4-10(2)8-6(5)7(8)9/h5-8H,3-4,9H2,1-2H3. The van der Waals surface area contributed by atoms with Gasteiger partial charge in [0, 0.05) is 12.1 Å². The van der Waals surface area contributed by atoms with Crippen LogP contribution in [0, 0.1) is 11.8 Å². The van der Waals surface area contributed by atoms with Gasteiger partial charge in [0.1, 0.15) is 0 Å². The van der Waals surface area contributed by atoms with Crippen LogP contribution >= 0.6 is 0 Å². The Labute approximate surface area is 62.4 Å². The number of likely N-dealkylation sites (tertiary alicyclic amines) is 1. The molecule has 2 fully saturated rings. The van der Waals surface area contributed by atoms with Crippen molar-refractivity contribution in [2.24, 2.45) is 17.6 Å². The van der Waals surface area contributed by atoms with Gasteiger partial charge in [0.05, 0.1) is 0 Å². The molecule has 1 aliphatic heterocycles. The first-order valence-corrected chi connectivity index (χ1v) is 4.17. The maximum absolute atomic E-state index is 5.91. The minimum absolute atomic E-state index is 0.488. The second kappa shape index (κ2) is 1.95. The second-order valence-electron chi connectivity index (χ2n) is 3.89. The summed E-state index contributed by atoms with van der Waals surface area (Å²) in [4.78, 5) is 2.41. The van der Waals surface area contributed by atoms with Crippen molar-refractivity contribution in [2.45, 2.75) is 25.4 Å². The number of nitrogens with two attached hydrogens (primary N) is 1. The largest absolute Gasteiger partial charge is 0.326 e. The smallest absolute Gasteiger partial charge is 0.0293 e. The Morgan fingerprint density at radius 2 is 2.20 bits per heavy atom. The third-order valence-corrected chi connectivity index (χ3v) is 3.20. The topological polar surface area (TPSA) is 29.3 Å². The van der Waals surface area contributed by atoms with Crippen molar-refractivity contribution in [2.75, 3.05) is 13.6 Å². The fourth-order valence-corrected chi connectivity index (χ4v) is 2.39. The minimum atomic E-state index is 0.488. The van der Waals surface area contributed by atoms with Gasteiger partial charge in [-0.3, -0.25) is 0 Å². The van der Waals surface area contributed by atoms with E-state index in [9.17, 15) is 0 Å². The van der Waals surface area contributed by atoms with E-state index in [1.807, 2.05) is 0 Å². The molecular weight excluding hydrogens is 124 g/mol. The van der Waals surface area contributed by atoms with Gasteiger partial charge in [-0.05, 0) is 31.8 Å². The van der Waals surface area contributed by atoms with Crippen LogP contribution in [0.5, 0.6) is 0 Å². The number of hydrogen-bond donors (Lipinski definition) is 1. The maximum atomic E-state index is 5.91. The van der Waals surface area contributed by atoms with Crippen molar-refractivity contribution < 1.29 is 0 Å². The molecule has 4 atom stereocenters. The number of nitrogens with zero attached hydrogens (tertiary/aromatic N) is 1. The number of rotatable bonds is 0. The molecule has 0 aromatic carbocycles. The fourth-order valence-electron chi connectivity index (χ4n) is 2.39. The van der Waals surface area contributed by atoms with Gasteiger partial charge in [0.15, 0.2) is 0 Å². The molecule has 0 bridgehead atoms. The van der Waals surface area contributed by atoms with Crippen LogP contribution in [0.25, 0.3) is 0 Å². The van der Waals surface area contributed by atoms with Gasteiger partial charge < -0.3 is 10.6 Å². The average Bonchev–Trinajstić information content (AvgIpc) is 2.55. The van der Waals surface area contributed by atoms with Crippen LogP contribution in [-0.4, -0.2) is 30.6 Å². The van der Waals surface area contributed by atoms with Crippen LogP contribution in [0.2, 0.25) is 0 Å². The Balaban J connectivity index is 2.06. The Morgan fingerprint density at radius 1 is 1.50 bits per heavy atom. The highest BCUT2D eigenvalue weighted by atomic mass is 15.2.